The Hall–Kier alpha value is -3.32. The predicted molar refractivity (Wildman–Crippen MR) is 120 cm³/mol. The van der Waals surface area contributed by atoms with Crippen LogP contribution in [0.1, 0.15) is 9.67 Å². The summed E-state index contributed by atoms with van der Waals surface area (Å²) >= 11 is 1.47. The second-order valence-corrected chi connectivity index (χ2v) is 8.21. The Balaban J connectivity index is 1.40. The van der Waals surface area contributed by atoms with Crippen LogP contribution in [-0.4, -0.2) is 53.6 Å². The minimum absolute atomic E-state index is 0.0759. The fourth-order valence-electron chi connectivity index (χ4n) is 3.92. The van der Waals surface area contributed by atoms with Gasteiger partial charge in [-0.15, -0.1) is 11.3 Å². The number of rotatable bonds is 4. The highest BCUT2D eigenvalue weighted by Crippen LogP contribution is 2.34. The minimum Gasteiger partial charge on any atom is -0.497 e. The van der Waals surface area contributed by atoms with Crippen molar-refractivity contribution in [3.8, 4) is 11.4 Å². The average Bonchev–Trinajstić information content (AvgIpc) is 3.46. The number of aromatic nitrogens is 2. The number of thiophene rings is 1. The molecule has 1 amide bonds. The van der Waals surface area contributed by atoms with Crippen molar-refractivity contribution in [3.63, 3.8) is 0 Å². The topological polar surface area (TPSA) is 50.6 Å². The molecule has 1 aliphatic heterocycles. The van der Waals surface area contributed by atoms with Crippen molar-refractivity contribution in [2.24, 2.45) is 0 Å². The number of carbonyl (C=O) groups excluding carboxylic acids is 1. The summed E-state index contributed by atoms with van der Waals surface area (Å²) in [5, 5.41) is 1.01. The van der Waals surface area contributed by atoms with E-state index in [1.165, 1.54) is 11.3 Å². The van der Waals surface area contributed by atoms with Gasteiger partial charge in [-0.25, -0.2) is 4.98 Å². The molecule has 0 unspecified atom stereocenters. The Morgan fingerprint density at radius 2 is 1.83 bits per heavy atom. The zero-order chi connectivity index (χ0) is 20.5. The normalized spacial score (nSPS) is 14.3. The van der Waals surface area contributed by atoms with Crippen LogP contribution >= 0.6 is 11.3 Å². The number of fused-ring (bicyclic) bond motifs is 1. The molecule has 0 aliphatic carbocycles. The van der Waals surface area contributed by atoms with E-state index in [0.717, 1.165) is 45.3 Å². The van der Waals surface area contributed by atoms with Crippen molar-refractivity contribution in [3.05, 3.63) is 72.0 Å². The summed E-state index contributed by atoms with van der Waals surface area (Å²) in [5.41, 5.74) is 2.05. The number of methoxy groups -OCH3 is 1. The summed E-state index contributed by atoms with van der Waals surface area (Å²) in [6.45, 7) is 2.95. The molecule has 4 heterocycles. The zero-order valence-corrected chi connectivity index (χ0v) is 17.5. The van der Waals surface area contributed by atoms with E-state index in [0.29, 0.717) is 13.1 Å². The summed E-state index contributed by atoms with van der Waals surface area (Å²) in [6.07, 6.45) is 5.73. The molecule has 6 nitrogen and oxygen atoms in total. The van der Waals surface area contributed by atoms with Gasteiger partial charge in [-0.2, -0.15) is 0 Å². The fraction of sp³-hybridized carbons (Fsp3) is 0.217. The van der Waals surface area contributed by atoms with Crippen molar-refractivity contribution in [2.45, 2.75) is 0 Å². The van der Waals surface area contributed by atoms with E-state index < -0.39 is 0 Å². The second kappa shape index (κ2) is 7.84. The first-order chi connectivity index (χ1) is 14.7. The molecule has 0 radical (unpaired) electrons. The van der Waals surface area contributed by atoms with Crippen LogP contribution < -0.4 is 9.64 Å². The monoisotopic (exact) mass is 418 g/mol. The Bertz CT molecular complexity index is 1180. The van der Waals surface area contributed by atoms with E-state index in [9.17, 15) is 4.79 Å². The fourth-order valence-corrected chi connectivity index (χ4v) is 5.03. The number of hydrogen-bond acceptors (Lipinski definition) is 5. The van der Waals surface area contributed by atoms with Gasteiger partial charge in [0.05, 0.1) is 12.8 Å². The Labute approximate surface area is 178 Å². The molecule has 1 aliphatic rings. The lowest BCUT2D eigenvalue weighted by molar-refractivity contribution is 0.0751. The number of pyridine rings is 1. The smallest absolute Gasteiger partial charge is 0.266 e. The Kier molecular flexibility index (Phi) is 4.88. The zero-order valence-electron chi connectivity index (χ0n) is 16.7. The number of nitrogens with zero attached hydrogens (tertiary/aromatic N) is 4. The molecular formula is C23H22N4O2S. The van der Waals surface area contributed by atoms with Crippen LogP contribution in [0.15, 0.2) is 67.1 Å². The molecule has 0 spiro atoms. The summed E-state index contributed by atoms with van der Waals surface area (Å²) in [6, 6.07) is 16.0. The lowest BCUT2D eigenvalue weighted by Gasteiger charge is -2.36. The van der Waals surface area contributed by atoms with Crippen LogP contribution in [0.3, 0.4) is 0 Å². The van der Waals surface area contributed by atoms with E-state index in [4.69, 9.17) is 4.74 Å². The van der Waals surface area contributed by atoms with E-state index in [1.54, 1.807) is 13.3 Å². The summed E-state index contributed by atoms with van der Waals surface area (Å²) < 4.78 is 7.36. The van der Waals surface area contributed by atoms with E-state index in [1.807, 2.05) is 64.3 Å². The van der Waals surface area contributed by atoms with E-state index >= 15 is 0 Å². The first-order valence-electron chi connectivity index (χ1n) is 9.94. The van der Waals surface area contributed by atoms with Gasteiger partial charge in [0.15, 0.2) is 0 Å². The summed E-state index contributed by atoms with van der Waals surface area (Å²) in [5.74, 6) is 0.923. The number of benzene rings is 1. The SMILES string of the molecule is COc1cccc(N2CCN(C(=O)c3sc4ncccc4c3-n3cccc3)CC2)c1. The number of ether oxygens (including phenoxy) is 1. The minimum atomic E-state index is 0.0759. The lowest BCUT2D eigenvalue weighted by Crippen LogP contribution is -2.48. The number of anilines is 1. The molecule has 30 heavy (non-hydrogen) atoms. The number of amides is 1. The molecule has 0 N–H and O–H groups in total. The molecule has 4 aromatic rings. The van der Waals surface area contributed by atoms with Crippen molar-refractivity contribution in [1.82, 2.24) is 14.5 Å². The molecule has 3 aromatic heterocycles. The molecule has 0 saturated carbocycles. The van der Waals surface area contributed by atoms with Gasteiger partial charge in [-0.3, -0.25) is 4.79 Å². The van der Waals surface area contributed by atoms with Gasteiger partial charge < -0.3 is 19.1 Å². The highest BCUT2D eigenvalue weighted by molar-refractivity contribution is 7.21. The van der Waals surface area contributed by atoms with Crippen LogP contribution in [0.5, 0.6) is 5.75 Å². The Morgan fingerprint density at radius 3 is 2.60 bits per heavy atom. The standard InChI is InChI=1S/C23H22N4O2S/c1-29-18-7-4-6-17(16-18)25-12-14-27(15-13-25)23(28)21-20(26-10-2-3-11-26)19-8-5-9-24-22(19)30-21/h2-11,16H,12-15H2,1H3. The molecule has 152 valence electrons. The maximum Gasteiger partial charge on any atom is 0.266 e. The number of carbonyl (C=O) groups is 1. The molecule has 1 aromatic carbocycles. The molecule has 1 saturated heterocycles. The van der Waals surface area contributed by atoms with Crippen molar-refractivity contribution >= 4 is 33.1 Å². The van der Waals surface area contributed by atoms with Gasteiger partial charge in [0.2, 0.25) is 0 Å². The highest BCUT2D eigenvalue weighted by atomic mass is 32.1. The second-order valence-electron chi connectivity index (χ2n) is 7.21. The Morgan fingerprint density at radius 1 is 1.03 bits per heavy atom. The van der Waals surface area contributed by atoms with Gasteiger partial charge in [-0.1, -0.05) is 6.07 Å². The van der Waals surface area contributed by atoms with E-state index in [2.05, 4.69) is 16.0 Å². The number of piperazine rings is 1. The van der Waals surface area contributed by atoms with Crippen LogP contribution in [0, 0.1) is 0 Å². The average molecular weight is 419 g/mol. The molecule has 0 bridgehead atoms. The third-order valence-corrected chi connectivity index (χ3v) is 6.57. The van der Waals surface area contributed by atoms with Gasteiger partial charge >= 0.3 is 0 Å². The van der Waals surface area contributed by atoms with Crippen molar-refractivity contribution < 1.29 is 9.53 Å². The third kappa shape index (κ3) is 3.31. The summed E-state index contributed by atoms with van der Waals surface area (Å²) in [7, 11) is 1.68. The maximum atomic E-state index is 13.5. The molecule has 0 atom stereocenters. The van der Waals surface area contributed by atoms with Crippen LogP contribution in [0.25, 0.3) is 15.9 Å². The van der Waals surface area contributed by atoms with Gasteiger partial charge in [-0.05, 0) is 36.4 Å². The quantitative estimate of drug-likeness (QED) is 0.502. The van der Waals surface area contributed by atoms with Crippen molar-refractivity contribution in [1.29, 1.82) is 0 Å². The molecule has 1 fully saturated rings. The maximum absolute atomic E-state index is 13.5. The number of hydrogen-bond donors (Lipinski definition) is 0. The van der Waals surface area contributed by atoms with E-state index in [-0.39, 0.29) is 5.91 Å². The van der Waals surface area contributed by atoms with Gasteiger partial charge in [0, 0.05) is 61.9 Å². The molecule has 7 heteroatoms. The van der Waals surface area contributed by atoms with Gasteiger partial charge in [0.1, 0.15) is 15.5 Å². The first-order valence-corrected chi connectivity index (χ1v) is 10.8. The van der Waals surface area contributed by atoms with Gasteiger partial charge in [0.25, 0.3) is 5.91 Å². The lowest BCUT2D eigenvalue weighted by atomic mass is 10.2. The highest BCUT2D eigenvalue weighted by Gasteiger charge is 2.27. The van der Waals surface area contributed by atoms with Crippen LogP contribution in [0.4, 0.5) is 5.69 Å². The van der Waals surface area contributed by atoms with Crippen molar-refractivity contribution in [2.75, 3.05) is 38.2 Å². The first kappa shape index (κ1) is 18.7. The van der Waals surface area contributed by atoms with Crippen LogP contribution in [0.2, 0.25) is 0 Å². The van der Waals surface area contributed by atoms with Crippen LogP contribution in [-0.2, 0) is 0 Å². The molecular weight excluding hydrogens is 396 g/mol. The third-order valence-electron chi connectivity index (χ3n) is 5.48. The predicted octanol–water partition coefficient (Wildman–Crippen LogP) is 4.06. The summed E-state index contributed by atoms with van der Waals surface area (Å²) in [4.78, 5) is 23.9. The molecule has 5 rings (SSSR count). The largest absolute Gasteiger partial charge is 0.497 e.